The number of nitrogens with zero attached hydrogens (tertiary/aromatic N) is 5. The van der Waals surface area contributed by atoms with Gasteiger partial charge in [0.2, 0.25) is 0 Å². The van der Waals surface area contributed by atoms with Gasteiger partial charge < -0.3 is 15.6 Å². The Labute approximate surface area is 219 Å². The molecular formula is C29H29FN8. The number of halogens is 1. The molecule has 0 bridgehead atoms. The van der Waals surface area contributed by atoms with Gasteiger partial charge in [0.05, 0.1) is 17.4 Å². The van der Waals surface area contributed by atoms with E-state index >= 15 is 0 Å². The smallest absolute Gasteiger partial charge is 0.163 e. The molecule has 1 aliphatic heterocycles. The molecular weight excluding hydrogens is 479 g/mol. The Morgan fingerprint density at radius 2 is 1.95 bits per heavy atom. The summed E-state index contributed by atoms with van der Waals surface area (Å²) in [6, 6.07) is 7.03. The van der Waals surface area contributed by atoms with Crippen molar-refractivity contribution in [2.75, 3.05) is 18.4 Å². The van der Waals surface area contributed by atoms with E-state index in [0.717, 1.165) is 47.2 Å². The van der Waals surface area contributed by atoms with Crippen molar-refractivity contribution < 1.29 is 4.39 Å². The molecule has 0 amide bonds. The van der Waals surface area contributed by atoms with E-state index in [-0.39, 0.29) is 17.2 Å². The molecule has 5 aromatic rings. The number of aromatic amines is 1. The first-order chi connectivity index (χ1) is 18.5. The lowest BCUT2D eigenvalue weighted by atomic mass is 9.80. The third kappa shape index (κ3) is 3.98. The molecule has 1 atom stereocenters. The molecule has 6 heterocycles. The van der Waals surface area contributed by atoms with Crippen LogP contribution in [0.5, 0.6) is 0 Å². The van der Waals surface area contributed by atoms with Crippen LogP contribution in [-0.4, -0.2) is 49.0 Å². The molecule has 192 valence electrons. The van der Waals surface area contributed by atoms with Gasteiger partial charge in [-0.2, -0.15) is 0 Å². The molecule has 8 nitrogen and oxygen atoms in total. The lowest BCUT2D eigenvalue weighted by Crippen LogP contribution is -2.49. The Balaban J connectivity index is 1.40. The normalized spacial score (nSPS) is 19.2. The Hall–Kier alpha value is -3.98. The maximum absolute atomic E-state index is 14.5. The lowest BCUT2D eigenvalue weighted by Gasteiger charge is -2.40. The fourth-order valence-electron chi connectivity index (χ4n) is 5.57. The second kappa shape index (κ2) is 8.80. The first-order valence-electron chi connectivity index (χ1n) is 13.2. The highest BCUT2D eigenvalue weighted by atomic mass is 19.1. The quantitative estimate of drug-likeness (QED) is 0.290. The first kappa shape index (κ1) is 23.2. The average molecular weight is 509 g/mol. The van der Waals surface area contributed by atoms with Crippen molar-refractivity contribution in [1.29, 1.82) is 0 Å². The van der Waals surface area contributed by atoms with Gasteiger partial charge in [-0.1, -0.05) is 13.8 Å². The first-order valence-corrected chi connectivity index (χ1v) is 13.2. The number of nitrogens with one attached hydrogen (secondary N) is 3. The summed E-state index contributed by atoms with van der Waals surface area (Å²) < 4.78 is 14.5. The Morgan fingerprint density at radius 3 is 2.76 bits per heavy atom. The van der Waals surface area contributed by atoms with E-state index in [4.69, 9.17) is 9.97 Å². The fourth-order valence-corrected chi connectivity index (χ4v) is 5.57. The standard InChI is InChI=1S/C29H29FN8/c1-29(2)15-31-10-8-23(29)37-28-24-19(16-5-6-16)13-32-14-22(24)36-27(38-28)17-7-11-34-26-18(17)12-21(35-26)25-20(30)4-3-9-33-25/h3-4,7,9,11-14,16,23,31H,5-6,8,10,15H2,1-2H3,(H,34,35)(H,36,37,38). The highest BCUT2D eigenvalue weighted by Gasteiger charge is 2.34. The van der Waals surface area contributed by atoms with Crippen LogP contribution >= 0.6 is 0 Å². The van der Waals surface area contributed by atoms with Crippen LogP contribution in [0.2, 0.25) is 0 Å². The molecule has 5 aromatic heterocycles. The molecule has 3 N–H and O–H groups in total. The average Bonchev–Trinajstić information content (AvgIpc) is 3.67. The maximum atomic E-state index is 14.5. The number of piperidine rings is 1. The summed E-state index contributed by atoms with van der Waals surface area (Å²) in [5.74, 6) is 1.55. The van der Waals surface area contributed by atoms with E-state index in [9.17, 15) is 4.39 Å². The van der Waals surface area contributed by atoms with Crippen LogP contribution in [-0.2, 0) is 0 Å². The summed E-state index contributed by atoms with van der Waals surface area (Å²) in [4.78, 5) is 26.6. The highest BCUT2D eigenvalue weighted by Crippen LogP contribution is 2.45. The predicted octanol–water partition coefficient (Wildman–Crippen LogP) is 5.45. The Kier molecular flexibility index (Phi) is 5.36. The van der Waals surface area contributed by atoms with Gasteiger partial charge in [0.15, 0.2) is 11.6 Å². The summed E-state index contributed by atoms with van der Waals surface area (Å²) >= 11 is 0. The molecule has 38 heavy (non-hydrogen) atoms. The number of anilines is 1. The van der Waals surface area contributed by atoms with Crippen molar-refractivity contribution in [2.45, 2.75) is 45.1 Å². The number of aromatic nitrogens is 6. The number of H-pyrrole nitrogens is 1. The molecule has 2 fully saturated rings. The largest absolute Gasteiger partial charge is 0.366 e. The molecule has 0 radical (unpaired) electrons. The molecule has 7 rings (SSSR count). The van der Waals surface area contributed by atoms with E-state index < -0.39 is 5.82 Å². The van der Waals surface area contributed by atoms with E-state index in [0.29, 0.717) is 23.1 Å². The van der Waals surface area contributed by atoms with Crippen LogP contribution in [0.15, 0.2) is 49.1 Å². The van der Waals surface area contributed by atoms with E-state index in [1.54, 1.807) is 18.5 Å². The Bertz CT molecular complexity index is 1670. The predicted molar refractivity (Wildman–Crippen MR) is 146 cm³/mol. The van der Waals surface area contributed by atoms with E-state index in [2.05, 4.69) is 44.4 Å². The molecule has 0 spiro atoms. The number of pyridine rings is 3. The summed E-state index contributed by atoms with van der Waals surface area (Å²) in [6.07, 6.45) is 10.5. The zero-order valence-corrected chi connectivity index (χ0v) is 21.4. The van der Waals surface area contributed by atoms with Crippen LogP contribution in [0.4, 0.5) is 10.2 Å². The van der Waals surface area contributed by atoms with Crippen molar-refractivity contribution in [1.82, 2.24) is 35.2 Å². The monoisotopic (exact) mass is 508 g/mol. The third-order valence-electron chi connectivity index (χ3n) is 7.88. The minimum absolute atomic E-state index is 0.0642. The van der Waals surface area contributed by atoms with Gasteiger partial charge in [-0.3, -0.25) is 9.97 Å². The molecule has 0 aromatic carbocycles. The van der Waals surface area contributed by atoms with Crippen LogP contribution in [0, 0.1) is 11.2 Å². The Morgan fingerprint density at radius 1 is 1.05 bits per heavy atom. The van der Waals surface area contributed by atoms with Gasteiger partial charge in [-0.15, -0.1) is 0 Å². The van der Waals surface area contributed by atoms with Crippen LogP contribution < -0.4 is 10.6 Å². The minimum Gasteiger partial charge on any atom is -0.366 e. The van der Waals surface area contributed by atoms with E-state index in [1.807, 2.05) is 24.5 Å². The molecule has 1 saturated carbocycles. The summed E-state index contributed by atoms with van der Waals surface area (Å²) in [6.45, 7) is 6.48. The number of fused-ring (bicyclic) bond motifs is 2. The fraction of sp³-hybridized carbons (Fsp3) is 0.345. The second-order valence-electron chi connectivity index (χ2n) is 11.1. The van der Waals surface area contributed by atoms with Crippen LogP contribution in [0.25, 0.3) is 44.7 Å². The lowest BCUT2D eigenvalue weighted by molar-refractivity contribution is 0.236. The van der Waals surface area contributed by atoms with E-state index in [1.165, 1.54) is 24.5 Å². The zero-order valence-electron chi connectivity index (χ0n) is 21.4. The third-order valence-corrected chi connectivity index (χ3v) is 7.88. The number of rotatable bonds is 5. The van der Waals surface area contributed by atoms with Crippen molar-refractivity contribution >= 4 is 27.8 Å². The second-order valence-corrected chi connectivity index (χ2v) is 11.1. The molecule has 1 saturated heterocycles. The minimum atomic E-state index is -0.391. The summed E-state index contributed by atoms with van der Waals surface area (Å²) in [7, 11) is 0. The number of hydrogen-bond donors (Lipinski definition) is 3. The van der Waals surface area contributed by atoms with Gasteiger partial charge in [-0.25, -0.2) is 19.3 Å². The molecule has 1 unspecified atom stereocenters. The van der Waals surface area contributed by atoms with Gasteiger partial charge in [0, 0.05) is 47.5 Å². The molecule has 2 aliphatic rings. The summed E-state index contributed by atoms with van der Waals surface area (Å²) in [5.41, 5.74) is 4.37. The maximum Gasteiger partial charge on any atom is 0.163 e. The van der Waals surface area contributed by atoms with Crippen LogP contribution in [0.3, 0.4) is 0 Å². The van der Waals surface area contributed by atoms with Gasteiger partial charge in [0.25, 0.3) is 0 Å². The number of hydrogen-bond acceptors (Lipinski definition) is 7. The van der Waals surface area contributed by atoms with Crippen molar-refractivity contribution in [3.8, 4) is 22.8 Å². The molecule has 1 aliphatic carbocycles. The topological polar surface area (TPSA) is 104 Å². The van der Waals surface area contributed by atoms with Crippen LogP contribution in [0.1, 0.15) is 44.6 Å². The highest BCUT2D eigenvalue weighted by molar-refractivity contribution is 5.98. The van der Waals surface area contributed by atoms with Crippen molar-refractivity contribution in [3.63, 3.8) is 0 Å². The van der Waals surface area contributed by atoms with Crippen molar-refractivity contribution in [2.24, 2.45) is 5.41 Å². The van der Waals surface area contributed by atoms with Crippen molar-refractivity contribution in [3.05, 3.63) is 60.4 Å². The van der Waals surface area contributed by atoms with Gasteiger partial charge in [-0.05, 0) is 67.0 Å². The van der Waals surface area contributed by atoms with Gasteiger partial charge in [0.1, 0.15) is 17.2 Å². The van der Waals surface area contributed by atoms with Gasteiger partial charge >= 0.3 is 0 Å². The summed E-state index contributed by atoms with van der Waals surface area (Å²) in [5, 5.41) is 9.23. The SMILES string of the molecule is CC1(C)CNCCC1Nc1nc(-c2ccnc3[nH]c(-c4ncccc4F)cc23)nc2cncc(C3CC3)c12. The molecule has 9 heteroatoms. The zero-order chi connectivity index (χ0) is 25.9.